The van der Waals surface area contributed by atoms with Crippen molar-refractivity contribution >= 4 is 41.1 Å². The zero-order valence-corrected chi connectivity index (χ0v) is 15.4. The highest BCUT2D eigenvalue weighted by Crippen LogP contribution is 2.27. The Balaban J connectivity index is 3.22. The standard InChI is InChI=1S/C15H20Cl2N2O4/c1-14(2,3)22-12(20)19(13(21)23-15(4,5)6)9-7-10(16)11(17)18-8-9/h7-8H,1-6H3. The van der Waals surface area contributed by atoms with E-state index in [4.69, 9.17) is 32.7 Å². The Morgan fingerprint density at radius 1 is 1.00 bits per heavy atom. The van der Waals surface area contributed by atoms with Gasteiger partial charge in [-0.2, -0.15) is 4.90 Å². The van der Waals surface area contributed by atoms with E-state index in [1.54, 1.807) is 41.5 Å². The van der Waals surface area contributed by atoms with E-state index in [1.165, 1.54) is 12.3 Å². The molecule has 0 fully saturated rings. The lowest BCUT2D eigenvalue weighted by molar-refractivity contribution is 0.0430. The van der Waals surface area contributed by atoms with E-state index in [9.17, 15) is 9.59 Å². The first-order valence-corrected chi connectivity index (χ1v) is 7.63. The lowest BCUT2D eigenvalue weighted by Crippen LogP contribution is -2.43. The topological polar surface area (TPSA) is 68.7 Å². The molecular formula is C15H20Cl2N2O4. The molecule has 0 aliphatic carbocycles. The number of ether oxygens (including phenoxy) is 2. The van der Waals surface area contributed by atoms with Crippen molar-refractivity contribution in [1.82, 2.24) is 4.98 Å². The lowest BCUT2D eigenvalue weighted by Gasteiger charge is -2.28. The summed E-state index contributed by atoms with van der Waals surface area (Å²) in [4.78, 5) is 29.3. The van der Waals surface area contributed by atoms with Crippen molar-refractivity contribution in [3.05, 3.63) is 22.4 Å². The van der Waals surface area contributed by atoms with Crippen LogP contribution in [0.15, 0.2) is 12.3 Å². The van der Waals surface area contributed by atoms with E-state index >= 15 is 0 Å². The molecule has 0 aromatic carbocycles. The number of halogens is 2. The fraction of sp³-hybridized carbons (Fsp3) is 0.533. The van der Waals surface area contributed by atoms with Crippen LogP contribution < -0.4 is 4.90 Å². The molecule has 1 heterocycles. The maximum Gasteiger partial charge on any atom is 0.424 e. The van der Waals surface area contributed by atoms with Gasteiger partial charge in [-0.05, 0) is 47.6 Å². The highest BCUT2D eigenvalue weighted by atomic mass is 35.5. The molecule has 1 aromatic heterocycles. The number of rotatable bonds is 1. The number of nitrogens with zero attached hydrogens (tertiary/aromatic N) is 2. The molecule has 2 amide bonds. The van der Waals surface area contributed by atoms with E-state index < -0.39 is 23.4 Å². The zero-order chi connectivity index (χ0) is 18.0. The number of amides is 2. The van der Waals surface area contributed by atoms with Gasteiger partial charge in [0.2, 0.25) is 0 Å². The van der Waals surface area contributed by atoms with Gasteiger partial charge in [-0.25, -0.2) is 14.6 Å². The normalized spacial score (nSPS) is 11.8. The molecule has 1 rings (SSSR count). The van der Waals surface area contributed by atoms with Gasteiger partial charge < -0.3 is 9.47 Å². The second-order valence-electron chi connectivity index (χ2n) is 6.76. The van der Waals surface area contributed by atoms with Gasteiger partial charge in [0.15, 0.2) is 0 Å². The number of aromatic nitrogens is 1. The summed E-state index contributed by atoms with van der Waals surface area (Å²) in [5.41, 5.74) is -1.48. The van der Waals surface area contributed by atoms with Crippen LogP contribution in [0.5, 0.6) is 0 Å². The first kappa shape index (κ1) is 19.5. The van der Waals surface area contributed by atoms with Crippen LogP contribution in [0.25, 0.3) is 0 Å². The Morgan fingerprint density at radius 3 is 1.78 bits per heavy atom. The van der Waals surface area contributed by atoms with Gasteiger partial charge in [0.25, 0.3) is 0 Å². The number of hydrogen-bond donors (Lipinski definition) is 0. The van der Waals surface area contributed by atoms with Gasteiger partial charge in [0, 0.05) is 0 Å². The predicted molar refractivity (Wildman–Crippen MR) is 89.2 cm³/mol. The maximum atomic E-state index is 12.4. The third kappa shape index (κ3) is 6.23. The predicted octanol–water partition coefficient (Wildman–Crippen LogP) is 5.07. The SMILES string of the molecule is CC(C)(C)OC(=O)N(C(=O)OC(C)(C)C)c1cnc(Cl)c(Cl)c1. The van der Waals surface area contributed by atoms with Gasteiger partial charge in [0.05, 0.1) is 16.9 Å². The van der Waals surface area contributed by atoms with Crippen LogP contribution in [0.2, 0.25) is 10.2 Å². The Morgan fingerprint density at radius 2 is 1.43 bits per heavy atom. The molecular weight excluding hydrogens is 343 g/mol. The van der Waals surface area contributed by atoms with Crippen molar-refractivity contribution in [3.8, 4) is 0 Å². The fourth-order valence-electron chi connectivity index (χ4n) is 1.43. The molecule has 0 N–H and O–H groups in total. The van der Waals surface area contributed by atoms with Crippen molar-refractivity contribution in [2.45, 2.75) is 52.7 Å². The number of carbonyl (C=O) groups is 2. The van der Waals surface area contributed by atoms with Crippen LogP contribution in [0.4, 0.5) is 15.3 Å². The molecule has 0 aliphatic rings. The molecule has 0 saturated carbocycles. The summed E-state index contributed by atoms with van der Waals surface area (Å²) in [5.74, 6) is 0. The van der Waals surface area contributed by atoms with Crippen molar-refractivity contribution in [2.75, 3.05) is 4.90 Å². The molecule has 1 aromatic rings. The summed E-state index contributed by atoms with van der Waals surface area (Å²) in [5, 5.41) is 0.157. The Hall–Kier alpha value is -1.53. The summed E-state index contributed by atoms with van der Waals surface area (Å²) in [6, 6.07) is 1.34. The monoisotopic (exact) mass is 362 g/mol. The van der Waals surface area contributed by atoms with E-state index in [-0.39, 0.29) is 15.9 Å². The quantitative estimate of drug-likeness (QED) is 0.652. The summed E-state index contributed by atoms with van der Waals surface area (Å²) in [7, 11) is 0. The fourth-order valence-corrected chi connectivity index (χ4v) is 1.70. The lowest BCUT2D eigenvalue weighted by atomic mass is 10.2. The molecule has 0 unspecified atom stereocenters. The zero-order valence-electron chi connectivity index (χ0n) is 13.9. The van der Waals surface area contributed by atoms with Gasteiger partial charge in [0.1, 0.15) is 16.4 Å². The number of imide groups is 1. The van der Waals surface area contributed by atoms with E-state index in [1.807, 2.05) is 0 Å². The minimum Gasteiger partial charge on any atom is -0.443 e. The molecule has 0 aliphatic heterocycles. The van der Waals surface area contributed by atoms with Crippen LogP contribution >= 0.6 is 23.2 Å². The smallest absolute Gasteiger partial charge is 0.424 e. The minimum absolute atomic E-state index is 0.0590. The second-order valence-corrected chi connectivity index (χ2v) is 7.53. The van der Waals surface area contributed by atoms with Crippen LogP contribution in [0.1, 0.15) is 41.5 Å². The first-order chi connectivity index (χ1) is 10.3. The number of pyridine rings is 1. The molecule has 0 atom stereocenters. The van der Waals surface area contributed by atoms with Gasteiger partial charge in [-0.1, -0.05) is 23.2 Å². The van der Waals surface area contributed by atoms with Crippen LogP contribution in [-0.4, -0.2) is 28.4 Å². The molecule has 6 nitrogen and oxygen atoms in total. The van der Waals surface area contributed by atoms with Gasteiger partial charge in [-0.15, -0.1) is 0 Å². The van der Waals surface area contributed by atoms with Gasteiger partial charge >= 0.3 is 12.2 Å². The first-order valence-electron chi connectivity index (χ1n) is 6.87. The van der Waals surface area contributed by atoms with E-state index in [0.29, 0.717) is 0 Å². The third-order valence-electron chi connectivity index (χ3n) is 2.19. The van der Waals surface area contributed by atoms with Crippen molar-refractivity contribution < 1.29 is 19.1 Å². The molecule has 8 heteroatoms. The van der Waals surface area contributed by atoms with E-state index in [0.717, 1.165) is 4.90 Å². The van der Waals surface area contributed by atoms with Crippen LogP contribution in [0, 0.1) is 0 Å². The van der Waals surface area contributed by atoms with Crippen molar-refractivity contribution in [1.29, 1.82) is 0 Å². The maximum absolute atomic E-state index is 12.4. The molecule has 0 spiro atoms. The minimum atomic E-state index is -0.896. The average Bonchev–Trinajstić information content (AvgIpc) is 2.29. The average molecular weight is 363 g/mol. The Kier molecular flexibility index (Phi) is 5.88. The summed E-state index contributed by atoms with van der Waals surface area (Å²) < 4.78 is 10.5. The third-order valence-corrected chi connectivity index (χ3v) is 2.88. The summed E-state index contributed by atoms with van der Waals surface area (Å²) in [6.07, 6.45) is -0.555. The van der Waals surface area contributed by atoms with Gasteiger partial charge in [-0.3, -0.25) is 0 Å². The van der Waals surface area contributed by atoms with Crippen molar-refractivity contribution in [2.24, 2.45) is 0 Å². The molecule has 0 radical (unpaired) electrons. The number of anilines is 1. The largest absolute Gasteiger partial charge is 0.443 e. The van der Waals surface area contributed by atoms with Crippen molar-refractivity contribution in [3.63, 3.8) is 0 Å². The molecule has 0 bridgehead atoms. The summed E-state index contributed by atoms with van der Waals surface area (Å²) >= 11 is 11.7. The Labute approximate surface area is 145 Å². The second kappa shape index (κ2) is 6.93. The number of hydrogen-bond acceptors (Lipinski definition) is 5. The van der Waals surface area contributed by atoms with Crippen LogP contribution in [-0.2, 0) is 9.47 Å². The number of carbonyl (C=O) groups excluding carboxylic acids is 2. The highest BCUT2D eigenvalue weighted by Gasteiger charge is 2.33. The van der Waals surface area contributed by atoms with Crippen LogP contribution in [0.3, 0.4) is 0 Å². The highest BCUT2D eigenvalue weighted by molar-refractivity contribution is 6.41. The Bertz CT molecular complexity index is 578. The summed E-state index contributed by atoms with van der Waals surface area (Å²) in [6.45, 7) is 10.1. The molecule has 23 heavy (non-hydrogen) atoms. The molecule has 0 saturated heterocycles. The van der Waals surface area contributed by atoms with E-state index in [2.05, 4.69) is 4.98 Å². The molecule has 128 valence electrons.